The molecule has 0 aliphatic heterocycles. The Hall–Kier alpha value is -1.84. The zero-order chi connectivity index (χ0) is 9.26. The number of carbonyl (C=O) groups excluding carboxylic acids is 1. The summed E-state index contributed by atoms with van der Waals surface area (Å²) >= 11 is 0. The molecule has 2 aromatic heterocycles. The summed E-state index contributed by atoms with van der Waals surface area (Å²) in [4.78, 5) is 10.4. The lowest BCUT2D eigenvalue weighted by molar-refractivity contribution is 0.111. The summed E-state index contributed by atoms with van der Waals surface area (Å²) in [5.41, 5.74) is 1.21. The number of aryl methyl sites for hydroxylation is 1. The zero-order valence-electron chi connectivity index (χ0n) is 7.10. The summed E-state index contributed by atoms with van der Waals surface area (Å²) in [5, 5.41) is 3.97. The van der Waals surface area contributed by atoms with Crippen molar-refractivity contribution < 1.29 is 9.21 Å². The van der Waals surface area contributed by atoms with Crippen LogP contribution in [-0.4, -0.2) is 16.1 Å². The second-order valence-corrected chi connectivity index (χ2v) is 2.67. The van der Waals surface area contributed by atoms with E-state index in [0.29, 0.717) is 17.7 Å². The van der Waals surface area contributed by atoms with Gasteiger partial charge in [-0.25, -0.2) is 0 Å². The molecule has 0 radical (unpaired) electrons. The third kappa shape index (κ3) is 1.26. The maximum atomic E-state index is 10.4. The van der Waals surface area contributed by atoms with Crippen LogP contribution < -0.4 is 0 Å². The summed E-state index contributed by atoms with van der Waals surface area (Å²) < 4.78 is 6.80. The summed E-state index contributed by atoms with van der Waals surface area (Å²) in [6.45, 7) is 0. The molecule has 0 N–H and O–H groups in total. The minimum absolute atomic E-state index is 0.411. The molecule has 2 heterocycles. The van der Waals surface area contributed by atoms with Crippen LogP contribution in [0.25, 0.3) is 11.5 Å². The van der Waals surface area contributed by atoms with Crippen LogP contribution >= 0.6 is 0 Å². The normalized spacial score (nSPS) is 10.2. The average Bonchev–Trinajstić information content (AvgIpc) is 2.72. The van der Waals surface area contributed by atoms with E-state index < -0.39 is 0 Å². The molecule has 13 heavy (non-hydrogen) atoms. The van der Waals surface area contributed by atoms with E-state index in [1.54, 1.807) is 30.1 Å². The molecule has 2 aromatic rings. The molecule has 4 heteroatoms. The summed E-state index contributed by atoms with van der Waals surface area (Å²) in [6, 6.07) is 5.31. The van der Waals surface area contributed by atoms with Crippen molar-refractivity contribution in [3.05, 3.63) is 30.2 Å². The van der Waals surface area contributed by atoms with Crippen LogP contribution in [0.15, 0.2) is 28.9 Å². The first-order chi connectivity index (χ1) is 6.31. The summed E-state index contributed by atoms with van der Waals surface area (Å²) in [5.74, 6) is 0.711. The number of furan rings is 1. The fraction of sp³-hybridized carbons (Fsp3) is 0.111. The largest absolute Gasteiger partial charge is 0.463 e. The Morgan fingerprint density at radius 2 is 2.46 bits per heavy atom. The van der Waals surface area contributed by atoms with Crippen LogP contribution in [0.3, 0.4) is 0 Å². The van der Waals surface area contributed by atoms with E-state index in [4.69, 9.17) is 4.42 Å². The number of hydrogen-bond acceptors (Lipinski definition) is 3. The maximum Gasteiger partial charge on any atom is 0.170 e. The van der Waals surface area contributed by atoms with E-state index >= 15 is 0 Å². The smallest absolute Gasteiger partial charge is 0.170 e. The Balaban J connectivity index is 2.52. The fourth-order valence-corrected chi connectivity index (χ4v) is 1.20. The van der Waals surface area contributed by atoms with Crippen LogP contribution in [0, 0.1) is 0 Å². The van der Waals surface area contributed by atoms with Crippen molar-refractivity contribution in [3.63, 3.8) is 0 Å². The van der Waals surface area contributed by atoms with Gasteiger partial charge in [-0.15, -0.1) is 0 Å². The monoisotopic (exact) mass is 176 g/mol. The van der Waals surface area contributed by atoms with E-state index in [1.165, 1.54) is 0 Å². The van der Waals surface area contributed by atoms with Gasteiger partial charge in [0.25, 0.3) is 0 Å². The van der Waals surface area contributed by atoms with E-state index in [1.807, 2.05) is 6.07 Å². The first-order valence-corrected chi connectivity index (χ1v) is 3.84. The van der Waals surface area contributed by atoms with Gasteiger partial charge < -0.3 is 4.42 Å². The van der Waals surface area contributed by atoms with Gasteiger partial charge in [0.15, 0.2) is 12.0 Å². The van der Waals surface area contributed by atoms with Crippen LogP contribution in [0.5, 0.6) is 0 Å². The number of aromatic nitrogens is 2. The highest BCUT2D eigenvalue weighted by atomic mass is 16.3. The molecule has 2 rings (SSSR count). The van der Waals surface area contributed by atoms with Gasteiger partial charge >= 0.3 is 0 Å². The van der Waals surface area contributed by atoms with Crippen molar-refractivity contribution in [2.45, 2.75) is 0 Å². The minimum Gasteiger partial charge on any atom is -0.463 e. The van der Waals surface area contributed by atoms with Crippen LogP contribution in [0.1, 0.15) is 10.5 Å². The van der Waals surface area contributed by atoms with E-state index in [2.05, 4.69) is 5.10 Å². The molecule has 4 nitrogen and oxygen atoms in total. The molecule has 0 atom stereocenters. The molecule has 0 amide bonds. The van der Waals surface area contributed by atoms with E-state index in [-0.39, 0.29) is 0 Å². The molecule has 66 valence electrons. The van der Waals surface area contributed by atoms with Gasteiger partial charge in [0.05, 0.1) is 6.26 Å². The van der Waals surface area contributed by atoms with Gasteiger partial charge in [-0.05, 0) is 18.2 Å². The van der Waals surface area contributed by atoms with Gasteiger partial charge in [0.2, 0.25) is 0 Å². The van der Waals surface area contributed by atoms with Crippen molar-refractivity contribution in [1.29, 1.82) is 0 Å². The second kappa shape index (κ2) is 2.90. The van der Waals surface area contributed by atoms with Crippen LogP contribution in [0.4, 0.5) is 0 Å². The lowest BCUT2D eigenvalue weighted by Crippen LogP contribution is -1.93. The Labute approximate surface area is 74.8 Å². The van der Waals surface area contributed by atoms with E-state index in [0.717, 1.165) is 5.69 Å². The lowest BCUT2D eigenvalue weighted by Gasteiger charge is -1.94. The van der Waals surface area contributed by atoms with Gasteiger partial charge in [-0.2, -0.15) is 5.10 Å². The molecule has 0 spiro atoms. The average molecular weight is 176 g/mol. The number of aldehydes is 1. The Morgan fingerprint density at radius 1 is 1.62 bits per heavy atom. The molecule has 0 aliphatic rings. The zero-order valence-corrected chi connectivity index (χ0v) is 7.10. The summed E-state index contributed by atoms with van der Waals surface area (Å²) in [6.07, 6.45) is 2.30. The molecule has 0 fully saturated rings. The summed E-state index contributed by atoms with van der Waals surface area (Å²) in [7, 11) is 1.77. The Bertz CT molecular complexity index is 415. The molecule has 0 unspecified atom stereocenters. The SMILES string of the molecule is Cn1nc(C=O)cc1-c1ccco1. The van der Waals surface area contributed by atoms with Crippen molar-refractivity contribution in [2.75, 3.05) is 0 Å². The number of carbonyl (C=O) groups is 1. The topological polar surface area (TPSA) is 48.0 Å². The molecule has 0 saturated carbocycles. The van der Waals surface area contributed by atoms with Crippen molar-refractivity contribution in [2.24, 2.45) is 7.05 Å². The first kappa shape index (κ1) is 7.79. The van der Waals surface area contributed by atoms with Crippen molar-refractivity contribution in [1.82, 2.24) is 9.78 Å². The third-order valence-corrected chi connectivity index (χ3v) is 1.79. The highest BCUT2D eigenvalue weighted by Gasteiger charge is 2.08. The second-order valence-electron chi connectivity index (χ2n) is 2.67. The molecule has 0 saturated heterocycles. The minimum atomic E-state index is 0.411. The number of nitrogens with zero attached hydrogens (tertiary/aromatic N) is 2. The van der Waals surface area contributed by atoms with Crippen LogP contribution in [-0.2, 0) is 7.05 Å². The third-order valence-electron chi connectivity index (χ3n) is 1.79. The lowest BCUT2D eigenvalue weighted by atomic mass is 10.3. The first-order valence-electron chi connectivity index (χ1n) is 3.84. The highest BCUT2D eigenvalue weighted by molar-refractivity contribution is 5.74. The van der Waals surface area contributed by atoms with Crippen molar-refractivity contribution in [3.8, 4) is 11.5 Å². The molecule has 0 aliphatic carbocycles. The van der Waals surface area contributed by atoms with Gasteiger partial charge in [-0.1, -0.05) is 0 Å². The molecule has 0 aromatic carbocycles. The Kier molecular flexibility index (Phi) is 1.73. The molecule has 0 bridgehead atoms. The van der Waals surface area contributed by atoms with Crippen molar-refractivity contribution >= 4 is 6.29 Å². The fourth-order valence-electron chi connectivity index (χ4n) is 1.20. The van der Waals surface area contributed by atoms with Gasteiger partial charge in [0, 0.05) is 7.05 Å². The molecular formula is C9H8N2O2. The maximum absolute atomic E-state index is 10.4. The number of hydrogen-bond donors (Lipinski definition) is 0. The highest BCUT2D eigenvalue weighted by Crippen LogP contribution is 2.19. The predicted octanol–water partition coefficient (Wildman–Crippen LogP) is 1.49. The van der Waals surface area contributed by atoms with Crippen LogP contribution in [0.2, 0.25) is 0 Å². The standard InChI is InChI=1S/C9H8N2O2/c1-11-8(5-7(6-12)10-11)9-3-2-4-13-9/h2-6H,1H3. The van der Waals surface area contributed by atoms with Gasteiger partial charge in [-0.3, -0.25) is 9.48 Å². The molecular weight excluding hydrogens is 168 g/mol. The van der Waals surface area contributed by atoms with Gasteiger partial charge in [0.1, 0.15) is 11.4 Å². The Morgan fingerprint density at radius 3 is 3.00 bits per heavy atom. The van der Waals surface area contributed by atoms with E-state index in [9.17, 15) is 4.79 Å². The predicted molar refractivity (Wildman–Crippen MR) is 46.3 cm³/mol. The quantitative estimate of drug-likeness (QED) is 0.651. The number of rotatable bonds is 2.